The van der Waals surface area contributed by atoms with Gasteiger partial charge < -0.3 is 19.4 Å². The summed E-state index contributed by atoms with van der Waals surface area (Å²) in [6, 6.07) is 6.17. The van der Waals surface area contributed by atoms with Crippen molar-refractivity contribution in [3.63, 3.8) is 0 Å². The maximum absolute atomic E-state index is 5.84. The van der Waals surface area contributed by atoms with E-state index < -0.39 is 0 Å². The lowest BCUT2D eigenvalue weighted by Crippen LogP contribution is -2.33. The Morgan fingerprint density at radius 2 is 2.33 bits per heavy atom. The second-order valence-corrected chi connectivity index (χ2v) is 4.64. The standard InChI is InChI=1S/C14H18N2O2/c1-16-9-12(14-8-15-5-6-18-14)11-7-10(17-2)3-4-13(11)16/h3-4,7,9,14-15H,5-6,8H2,1-2H3. The summed E-state index contributed by atoms with van der Waals surface area (Å²) in [7, 11) is 3.76. The van der Waals surface area contributed by atoms with Crippen LogP contribution in [0.15, 0.2) is 24.4 Å². The third-order valence-electron chi connectivity index (χ3n) is 3.50. The summed E-state index contributed by atoms with van der Waals surface area (Å²) in [5.74, 6) is 0.888. The molecule has 1 aromatic carbocycles. The Morgan fingerprint density at radius 1 is 1.44 bits per heavy atom. The second kappa shape index (κ2) is 4.63. The molecule has 1 N–H and O–H groups in total. The van der Waals surface area contributed by atoms with Crippen LogP contribution in [-0.2, 0) is 11.8 Å². The fraction of sp³-hybridized carbons (Fsp3) is 0.429. The Balaban J connectivity index is 2.09. The van der Waals surface area contributed by atoms with Gasteiger partial charge in [-0.1, -0.05) is 0 Å². The molecule has 0 amide bonds. The lowest BCUT2D eigenvalue weighted by molar-refractivity contribution is 0.0285. The van der Waals surface area contributed by atoms with E-state index in [4.69, 9.17) is 9.47 Å². The van der Waals surface area contributed by atoms with Gasteiger partial charge in [0.2, 0.25) is 0 Å². The highest BCUT2D eigenvalue weighted by Crippen LogP contribution is 2.31. The molecular weight excluding hydrogens is 228 g/mol. The minimum Gasteiger partial charge on any atom is -0.497 e. The predicted octanol–water partition coefficient (Wildman–Crippen LogP) is 1.85. The normalized spacial score (nSPS) is 20.2. The van der Waals surface area contributed by atoms with Gasteiger partial charge in [-0.2, -0.15) is 0 Å². The first-order chi connectivity index (χ1) is 8.79. The predicted molar refractivity (Wildman–Crippen MR) is 71.0 cm³/mol. The number of ether oxygens (including phenoxy) is 2. The number of aromatic nitrogens is 1. The van der Waals surface area contributed by atoms with Crippen molar-refractivity contribution in [3.05, 3.63) is 30.0 Å². The topological polar surface area (TPSA) is 35.4 Å². The molecule has 0 radical (unpaired) electrons. The molecule has 0 spiro atoms. The smallest absolute Gasteiger partial charge is 0.119 e. The number of aryl methyl sites for hydroxylation is 1. The molecule has 2 heterocycles. The van der Waals surface area contributed by atoms with E-state index in [1.54, 1.807) is 7.11 Å². The summed E-state index contributed by atoms with van der Waals surface area (Å²) >= 11 is 0. The van der Waals surface area contributed by atoms with Crippen molar-refractivity contribution in [1.29, 1.82) is 0 Å². The zero-order valence-electron chi connectivity index (χ0n) is 10.8. The van der Waals surface area contributed by atoms with E-state index in [9.17, 15) is 0 Å². The van der Waals surface area contributed by atoms with E-state index >= 15 is 0 Å². The molecule has 4 heteroatoms. The molecule has 1 unspecified atom stereocenters. The van der Waals surface area contributed by atoms with Gasteiger partial charge in [-0.15, -0.1) is 0 Å². The molecule has 96 valence electrons. The van der Waals surface area contributed by atoms with Crippen LogP contribution in [0, 0.1) is 0 Å². The van der Waals surface area contributed by atoms with E-state index in [0.717, 1.165) is 25.4 Å². The fourth-order valence-electron chi connectivity index (χ4n) is 2.55. The van der Waals surface area contributed by atoms with Gasteiger partial charge in [0.05, 0.1) is 19.8 Å². The number of morpholine rings is 1. The van der Waals surface area contributed by atoms with Crippen molar-refractivity contribution in [2.24, 2.45) is 7.05 Å². The SMILES string of the molecule is COc1ccc2c(c1)c(C1CNCCO1)cn2C. The Bertz CT molecular complexity index is 556. The van der Waals surface area contributed by atoms with Crippen molar-refractivity contribution < 1.29 is 9.47 Å². The lowest BCUT2D eigenvalue weighted by atomic mass is 10.1. The van der Waals surface area contributed by atoms with Gasteiger partial charge in [-0.25, -0.2) is 0 Å². The van der Waals surface area contributed by atoms with Crippen LogP contribution in [0.4, 0.5) is 0 Å². The summed E-state index contributed by atoms with van der Waals surface area (Å²) < 4.78 is 13.3. The summed E-state index contributed by atoms with van der Waals surface area (Å²) in [4.78, 5) is 0. The van der Waals surface area contributed by atoms with E-state index in [-0.39, 0.29) is 6.10 Å². The largest absolute Gasteiger partial charge is 0.497 e. The molecule has 1 aliphatic heterocycles. The zero-order valence-corrected chi connectivity index (χ0v) is 10.8. The van der Waals surface area contributed by atoms with Crippen molar-refractivity contribution in [3.8, 4) is 5.75 Å². The molecule has 0 aliphatic carbocycles. The first-order valence-corrected chi connectivity index (χ1v) is 6.25. The molecule has 4 nitrogen and oxygen atoms in total. The quantitative estimate of drug-likeness (QED) is 0.878. The van der Waals surface area contributed by atoms with Crippen molar-refractivity contribution in [2.45, 2.75) is 6.10 Å². The Kier molecular flexibility index (Phi) is 2.97. The minimum absolute atomic E-state index is 0.134. The van der Waals surface area contributed by atoms with E-state index in [0.29, 0.717) is 0 Å². The number of hydrogen-bond donors (Lipinski definition) is 1. The Hall–Kier alpha value is -1.52. The van der Waals surface area contributed by atoms with E-state index in [1.165, 1.54) is 16.5 Å². The number of fused-ring (bicyclic) bond motifs is 1. The second-order valence-electron chi connectivity index (χ2n) is 4.64. The van der Waals surface area contributed by atoms with Crippen molar-refractivity contribution >= 4 is 10.9 Å². The molecule has 1 aliphatic rings. The highest BCUT2D eigenvalue weighted by atomic mass is 16.5. The first kappa shape index (κ1) is 11.6. The molecule has 1 saturated heterocycles. The van der Waals surface area contributed by atoms with E-state index in [1.807, 2.05) is 6.07 Å². The number of hydrogen-bond acceptors (Lipinski definition) is 3. The van der Waals surface area contributed by atoms with Crippen LogP contribution in [0.5, 0.6) is 5.75 Å². The van der Waals surface area contributed by atoms with Crippen LogP contribution in [0.3, 0.4) is 0 Å². The summed E-state index contributed by atoms with van der Waals surface area (Å²) in [5.41, 5.74) is 2.44. The Morgan fingerprint density at radius 3 is 3.06 bits per heavy atom. The average molecular weight is 246 g/mol. The maximum Gasteiger partial charge on any atom is 0.119 e. The molecule has 0 saturated carbocycles. The molecule has 2 aromatic rings. The summed E-state index contributed by atoms with van der Waals surface area (Å²) in [5, 5.41) is 4.58. The fourth-order valence-corrected chi connectivity index (χ4v) is 2.55. The number of benzene rings is 1. The van der Waals surface area contributed by atoms with Gasteiger partial charge in [0.1, 0.15) is 5.75 Å². The van der Waals surface area contributed by atoms with Crippen molar-refractivity contribution in [2.75, 3.05) is 26.8 Å². The summed E-state index contributed by atoms with van der Waals surface area (Å²) in [6.07, 6.45) is 2.29. The van der Waals surface area contributed by atoms with Gasteiger partial charge in [-0.05, 0) is 18.2 Å². The van der Waals surface area contributed by atoms with Crippen LogP contribution in [0.2, 0.25) is 0 Å². The number of methoxy groups -OCH3 is 1. The maximum atomic E-state index is 5.84. The van der Waals surface area contributed by atoms with Crippen molar-refractivity contribution in [1.82, 2.24) is 9.88 Å². The number of nitrogens with one attached hydrogen (secondary N) is 1. The van der Waals surface area contributed by atoms with Gasteiger partial charge in [-0.3, -0.25) is 0 Å². The zero-order chi connectivity index (χ0) is 12.5. The average Bonchev–Trinajstić information content (AvgIpc) is 2.76. The molecule has 1 aromatic heterocycles. The van der Waals surface area contributed by atoms with Crippen LogP contribution < -0.4 is 10.1 Å². The number of nitrogens with zero attached hydrogens (tertiary/aromatic N) is 1. The third kappa shape index (κ3) is 1.87. The summed E-state index contributed by atoms with van der Waals surface area (Å²) in [6.45, 7) is 2.58. The van der Waals surface area contributed by atoms with Crippen LogP contribution >= 0.6 is 0 Å². The molecule has 0 bridgehead atoms. The molecule has 3 rings (SSSR count). The van der Waals surface area contributed by atoms with Gasteiger partial charge >= 0.3 is 0 Å². The van der Waals surface area contributed by atoms with Crippen LogP contribution in [0.25, 0.3) is 10.9 Å². The van der Waals surface area contributed by atoms with Crippen LogP contribution in [0.1, 0.15) is 11.7 Å². The monoisotopic (exact) mass is 246 g/mol. The van der Waals surface area contributed by atoms with Crippen LogP contribution in [-0.4, -0.2) is 31.4 Å². The highest BCUT2D eigenvalue weighted by Gasteiger charge is 2.20. The molecule has 1 fully saturated rings. The minimum atomic E-state index is 0.134. The highest BCUT2D eigenvalue weighted by molar-refractivity contribution is 5.85. The molecule has 18 heavy (non-hydrogen) atoms. The molecular formula is C14H18N2O2. The Labute approximate surface area is 106 Å². The third-order valence-corrected chi connectivity index (χ3v) is 3.50. The van der Waals surface area contributed by atoms with Gasteiger partial charge in [0, 0.05) is 42.8 Å². The number of rotatable bonds is 2. The lowest BCUT2D eigenvalue weighted by Gasteiger charge is -2.23. The van der Waals surface area contributed by atoms with Gasteiger partial charge in [0.15, 0.2) is 0 Å². The van der Waals surface area contributed by atoms with Gasteiger partial charge in [0.25, 0.3) is 0 Å². The first-order valence-electron chi connectivity index (χ1n) is 6.25. The molecule has 1 atom stereocenters. The van der Waals surface area contributed by atoms with E-state index in [2.05, 4.69) is 35.3 Å².